The minimum atomic E-state index is 0.496. The molecule has 0 bridgehead atoms. The summed E-state index contributed by atoms with van der Waals surface area (Å²) in [6, 6.07) is 7.94. The average molecular weight is 363 g/mol. The molecule has 0 fully saturated rings. The van der Waals surface area contributed by atoms with Crippen molar-refractivity contribution >= 4 is 17.6 Å². The Morgan fingerprint density at radius 2 is 2.04 bits per heavy atom. The number of rotatable bonds is 8. The van der Waals surface area contributed by atoms with E-state index in [9.17, 15) is 0 Å². The highest BCUT2D eigenvalue weighted by Crippen LogP contribution is 2.10. The van der Waals surface area contributed by atoms with Crippen molar-refractivity contribution < 1.29 is 0 Å². The molecule has 2 N–H and O–H groups in total. The summed E-state index contributed by atoms with van der Waals surface area (Å²) >= 11 is 6.03. The van der Waals surface area contributed by atoms with Gasteiger partial charge in [0.05, 0.1) is 0 Å². The predicted molar refractivity (Wildman–Crippen MR) is 103 cm³/mol. The van der Waals surface area contributed by atoms with Crippen LogP contribution in [0.25, 0.3) is 0 Å². The van der Waals surface area contributed by atoms with Gasteiger partial charge in [0.15, 0.2) is 11.8 Å². The number of aryl methyl sites for hydroxylation is 1. The van der Waals surface area contributed by atoms with Crippen LogP contribution >= 0.6 is 11.6 Å². The van der Waals surface area contributed by atoms with E-state index in [1.165, 1.54) is 5.56 Å². The molecule has 1 aromatic heterocycles. The lowest BCUT2D eigenvalue weighted by molar-refractivity contribution is 0.714. The lowest BCUT2D eigenvalue weighted by atomic mass is 10.1. The highest BCUT2D eigenvalue weighted by Gasteiger charge is 2.05. The Hall–Kier alpha value is -2.08. The number of guanidine groups is 1. The number of unbranched alkanes of at least 4 members (excludes halogenated alkanes) is 1. The van der Waals surface area contributed by atoms with E-state index in [0.29, 0.717) is 6.54 Å². The molecule has 0 saturated heterocycles. The third-order valence-electron chi connectivity index (χ3n) is 3.98. The zero-order valence-electron chi connectivity index (χ0n) is 15.2. The second kappa shape index (κ2) is 10.0. The second-order valence-electron chi connectivity index (χ2n) is 5.97. The van der Waals surface area contributed by atoms with Crippen molar-refractivity contribution in [3.8, 4) is 0 Å². The molecule has 7 heteroatoms. The molecular weight excluding hydrogens is 336 g/mol. The number of halogens is 1. The Morgan fingerprint density at radius 1 is 1.24 bits per heavy atom. The van der Waals surface area contributed by atoms with Crippen molar-refractivity contribution in [2.45, 2.75) is 39.7 Å². The summed E-state index contributed by atoms with van der Waals surface area (Å²) in [5.41, 5.74) is 1.21. The van der Waals surface area contributed by atoms with Crippen molar-refractivity contribution in [1.29, 1.82) is 0 Å². The minimum absolute atomic E-state index is 0.496. The van der Waals surface area contributed by atoms with Gasteiger partial charge < -0.3 is 15.2 Å². The van der Waals surface area contributed by atoms with E-state index in [-0.39, 0.29) is 0 Å². The van der Waals surface area contributed by atoms with Gasteiger partial charge in [0, 0.05) is 25.2 Å². The van der Waals surface area contributed by atoms with Crippen LogP contribution in [0.5, 0.6) is 0 Å². The first kappa shape index (κ1) is 19.2. The summed E-state index contributed by atoms with van der Waals surface area (Å²) in [7, 11) is 1.96. The van der Waals surface area contributed by atoms with Gasteiger partial charge in [-0.3, -0.25) is 0 Å². The topological polar surface area (TPSA) is 67.1 Å². The van der Waals surface area contributed by atoms with Crippen molar-refractivity contribution in [3.05, 3.63) is 46.5 Å². The van der Waals surface area contributed by atoms with E-state index in [1.807, 2.05) is 36.7 Å². The Balaban J connectivity index is 1.92. The van der Waals surface area contributed by atoms with Crippen LogP contribution in [-0.4, -0.2) is 33.8 Å². The Morgan fingerprint density at radius 3 is 2.72 bits per heavy atom. The SMILES string of the molecule is CCCCNC(=NCc1nnc(C)n1C)NCCc1cccc(Cl)c1. The maximum absolute atomic E-state index is 6.03. The molecule has 0 aliphatic heterocycles. The van der Waals surface area contributed by atoms with Crippen molar-refractivity contribution in [1.82, 2.24) is 25.4 Å². The highest BCUT2D eigenvalue weighted by atomic mass is 35.5. The number of hydrogen-bond donors (Lipinski definition) is 2. The minimum Gasteiger partial charge on any atom is -0.356 e. The van der Waals surface area contributed by atoms with Crippen LogP contribution in [0.4, 0.5) is 0 Å². The number of aromatic nitrogens is 3. The van der Waals surface area contributed by atoms with Crippen LogP contribution in [0, 0.1) is 6.92 Å². The van der Waals surface area contributed by atoms with E-state index >= 15 is 0 Å². The molecule has 6 nitrogen and oxygen atoms in total. The predicted octanol–water partition coefficient (Wildman–Crippen LogP) is 2.85. The zero-order valence-corrected chi connectivity index (χ0v) is 16.0. The van der Waals surface area contributed by atoms with Crippen molar-refractivity contribution in [2.75, 3.05) is 13.1 Å². The molecular formula is C18H27ClN6. The number of hydrogen-bond acceptors (Lipinski definition) is 3. The fraction of sp³-hybridized carbons (Fsp3) is 0.500. The maximum Gasteiger partial charge on any atom is 0.191 e. The molecule has 2 rings (SSSR count). The Labute approximate surface area is 154 Å². The lowest BCUT2D eigenvalue weighted by Crippen LogP contribution is -2.39. The van der Waals surface area contributed by atoms with Crippen LogP contribution in [0.2, 0.25) is 5.02 Å². The molecule has 0 amide bonds. The number of nitrogens with one attached hydrogen (secondary N) is 2. The standard InChI is InChI=1S/C18H27ClN6/c1-4-5-10-20-18(22-13-17-24-23-14(2)25(17)3)21-11-9-15-7-6-8-16(19)12-15/h6-8,12H,4-5,9-11,13H2,1-3H3,(H2,20,21,22). The van der Waals surface area contributed by atoms with Gasteiger partial charge in [-0.25, -0.2) is 4.99 Å². The fourth-order valence-electron chi connectivity index (χ4n) is 2.31. The lowest BCUT2D eigenvalue weighted by Gasteiger charge is -2.12. The van der Waals surface area contributed by atoms with Crippen LogP contribution in [-0.2, 0) is 20.0 Å². The van der Waals surface area contributed by atoms with Crippen LogP contribution in [0.1, 0.15) is 37.0 Å². The van der Waals surface area contributed by atoms with E-state index in [2.05, 4.69) is 38.8 Å². The summed E-state index contributed by atoms with van der Waals surface area (Å²) in [5.74, 6) is 2.54. The molecule has 1 heterocycles. The van der Waals surface area contributed by atoms with Gasteiger partial charge in [0.1, 0.15) is 12.4 Å². The van der Waals surface area contributed by atoms with E-state index in [0.717, 1.165) is 55.0 Å². The zero-order chi connectivity index (χ0) is 18.1. The highest BCUT2D eigenvalue weighted by molar-refractivity contribution is 6.30. The normalized spacial score (nSPS) is 11.6. The van der Waals surface area contributed by atoms with E-state index in [4.69, 9.17) is 11.6 Å². The van der Waals surface area contributed by atoms with Gasteiger partial charge in [0.2, 0.25) is 0 Å². The van der Waals surface area contributed by atoms with Crippen LogP contribution in [0.15, 0.2) is 29.3 Å². The van der Waals surface area contributed by atoms with E-state index < -0.39 is 0 Å². The Kier molecular flexibility index (Phi) is 7.73. The van der Waals surface area contributed by atoms with E-state index in [1.54, 1.807) is 0 Å². The average Bonchev–Trinajstić information content (AvgIpc) is 2.91. The molecule has 1 aromatic carbocycles. The molecule has 0 radical (unpaired) electrons. The summed E-state index contributed by atoms with van der Waals surface area (Å²) in [4.78, 5) is 4.63. The summed E-state index contributed by atoms with van der Waals surface area (Å²) < 4.78 is 1.96. The van der Waals surface area contributed by atoms with Gasteiger partial charge >= 0.3 is 0 Å². The van der Waals surface area contributed by atoms with Gasteiger partial charge in [-0.1, -0.05) is 37.1 Å². The molecule has 0 saturated carbocycles. The van der Waals surface area contributed by atoms with Gasteiger partial charge in [-0.2, -0.15) is 0 Å². The summed E-state index contributed by atoms with van der Waals surface area (Å²) in [6.45, 7) is 6.29. The number of nitrogens with zero attached hydrogens (tertiary/aromatic N) is 4. The quantitative estimate of drug-likeness (QED) is 0.430. The fourth-order valence-corrected chi connectivity index (χ4v) is 2.53. The first-order chi connectivity index (χ1) is 12.1. The van der Waals surface area contributed by atoms with Crippen molar-refractivity contribution in [2.24, 2.45) is 12.0 Å². The molecule has 2 aromatic rings. The molecule has 25 heavy (non-hydrogen) atoms. The monoisotopic (exact) mass is 362 g/mol. The summed E-state index contributed by atoms with van der Waals surface area (Å²) in [5, 5.41) is 15.7. The molecule has 0 atom stereocenters. The summed E-state index contributed by atoms with van der Waals surface area (Å²) in [6.07, 6.45) is 3.14. The third-order valence-corrected chi connectivity index (χ3v) is 4.21. The molecule has 0 aliphatic rings. The van der Waals surface area contributed by atoms with Gasteiger partial charge in [0.25, 0.3) is 0 Å². The molecule has 0 aliphatic carbocycles. The second-order valence-corrected chi connectivity index (χ2v) is 6.41. The number of aliphatic imine (C=N–C) groups is 1. The first-order valence-corrected chi connectivity index (χ1v) is 9.09. The number of benzene rings is 1. The van der Waals surface area contributed by atoms with Crippen LogP contribution in [0.3, 0.4) is 0 Å². The smallest absolute Gasteiger partial charge is 0.191 e. The maximum atomic E-state index is 6.03. The Bertz CT molecular complexity index is 695. The van der Waals surface area contributed by atoms with Gasteiger partial charge in [-0.15, -0.1) is 10.2 Å². The molecule has 0 spiro atoms. The molecule has 0 unspecified atom stereocenters. The molecule has 136 valence electrons. The first-order valence-electron chi connectivity index (χ1n) is 8.71. The van der Waals surface area contributed by atoms with Crippen molar-refractivity contribution in [3.63, 3.8) is 0 Å². The largest absolute Gasteiger partial charge is 0.356 e. The van der Waals surface area contributed by atoms with Crippen LogP contribution < -0.4 is 10.6 Å². The van der Waals surface area contributed by atoms with Gasteiger partial charge in [-0.05, 0) is 37.5 Å². The third kappa shape index (κ3) is 6.38.